The van der Waals surface area contributed by atoms with E-state index >= 15 is 0 Å². The van der Waals surface area contributed by atoms with E-state index in [0.29, 0.717) is 5.56 Å². The van der Waals surface area contributed by atoms with Crippen molar-refractivity contribution < 1.29 is 32.3 Å². The van der Waals surface area contributed by atoms with Gasteiger partial charge in [0, 0.05) is 5.69 Å². The number of halogens is 3. The van der Waals surface area contributed by atoms with Gasteiger partial charge in [-0.15, -0.1) is 11.3 Å². The molecule has 152 valence electrons. The van der Waals surface area contributed by atoms with Crippen LogP contribution in [0.25, 0.3) is 0 Å². The Morgan fingerprint density at radius 3 is 2.43 bits per heavy atom. The number of aryl methyl sites for hydroxylation is 1. The summed E-state index contributed by atoms with van der Waals surface area (Å²) in [5.74, 6) is -1.68. The maximum atomic E-state index is 12.7. The minimum atomic E-state index is -4.62. The molecule has 2 heterocycles. The molecule has 0 unspecified atom stereocenters. The summed E-state index contributed by atoms with van der Waals surface area (Å²) in [4.78, 5) is 36.6. The third-order valence-electron chi connectivity index (χ3n) is 3.76. The lowest BCUT2D eigenvalue weighted by Gasteiger charge is -2.08. The Balaban J connectivity index is 2.29. The monoisotopic (exact) mass is 417 g/mol. The van der Waals surface area contributed by atoms with Crippen LogP contribution in [0.3, 0.4) is 0 Å². The van der Waals surface area contributed by atoms with Crippen LogP contribution in [0.5, 0.6) is 0 Å². The highest BCUT2D eigenvalue weighted by molar-refractivity contribution is 7.18. The topological polar surface area (TPSA) is 90.3 Å². The van der Waals surface area contributed by atoms with E-state index in [9.17, 15) is 27.6 Å². The number of Topliss-reactive ketones (excluding diaryl/α,β-unsaturated/α-hetero) is 1. The van der Waals surface area contributed by atoms with E-state index in [1.807, 2.05) is 0 Å². The number of hydrogen-bond acceptors (Lipinski definition) is 6. The van der Waals surface area contributed by atoms with Gasteiger partial charge in [-0.05, 0) is 39.3 Å². The molecule has 2 aromatic heterocycles. The molecule has 0 aliphatic heterocycles. The molecule has 2 aromatic rings. The summed E-state index contributed by atoms with van der Waals surface area (Å²) in [5.41, 5.74) is -0.518. The van der Waals surface area contributed by atoms with Gasteiger partial charge in [0.05, 0.1) is 17.0 Å². The first-order valence-corrected chi connectivity index (χ1v) is 9.00. The predicted molar refractivity (Wildman–Crippen MR) is 95.6 cm³/mol. The fourth-order valence-corrected chi connectivity index (χ4v) is 3.60. The van der Waals surface area contributed by atoms with E-state index in [-0.39, 0.29) is 33.5 Å². The van der Waals surface area contributed by atoms with Gasteiger partial charge in [0.1, 0.15) is 11.5 Å². The molecule has 0 aromatic carbocycles. The maximum absolute atomic E-state index is 12.7. The van der Waals surface area contributed by atoms with E-state index < -0.39 is 30.3 Å². The second-order valence-corrected chi connectivity index (χ2v) is 6.93. The van der Waals surface area contributed by atoms with Crippen LogP contribution < -0.4 is 5.32 Å². The van der Waals surface area contributed by atoms with Crippen LogP contribution in [0, 0.1) is 13.8 Å². The molecule has 0 radical (unpaired) electrons. The summed E-state index contributed by atoms with van der Waals surface area (Å²) in [5, 5.41) is 5.97. The first-order valence-electron chi connectivity index (χ1n) is 8.18. The Bertz CT molecular complexity index is 931. The lowest BCUT2D eigenvalue weighted by atomic mass is 10.1. The van der Waals surface area contributed by atoms with Gasteiger partial charge in [-0.1, -0.05) is 0 Å². The van der Waals surface area contributed by atoms with E-state index in [1.165, 1.54) is 13.8 Å². The van der Waals surface area contributed by atoms with Crippen LogP contribution in [-0.2, 0) is 22.3 Å². The number of alkyl halides is 3. The van der Waals surface area contributed by atoms with Crippen LogP contribution in [0.4, 0.5) is 18.2 Å². The molecule has 0 atom stereocenters. The average Bonchev–Trinajstić information content (AvgIpc) is 3.08. The summed E-state index contributed by atoms with van der Waals surface area (Å²) in [7, 11) is 0. The summed E-state index contributed by atoms with van der Waals surface area (Å²) in [6, 6.07) is 0.834. The number of ketones is 1. The van der Waals surface area contributed by atoms with Crippen LogP contribution in [0.15, 0.2) is 6.07 Å². The molecule has 0 saturated carbocycles. The van der Waals surface area contributed by atoms with Crippen molar-refractivity contribution in [2.24, 2.45) is 0 Å². The summed E-state index contributed by atoms with van der Waals surface area (Å²) in [6.45, 7) is 5.50. The lowest BCUT2D eigenvalue weighted by Crippen LogP contribution is -2.21. The molecule has 0 fully saturated rings. The summed E-state index contributed by atoms with van der Waals surface area (Å²) < 4.78 is 44.1. The Morgan fingerprint density at radius 1 is 1.29 bits per heavy atom. The first-order chi connectivity index (χ1) is 13.0. The number of anilines is 1. The minimum absolute atomic E-state index is 0.0542. The van der Waals surface area contributed by atoms with Crippen LogP contribution >= 0.6 is 11.3 Å². The highest BCUT2D eigenvalue weighted by atomic mass is 32.1. The number of nitrogens with one attached hydrogen (secondary N) is 1. The van der Waals surface area contributed by atoms with Crippen LogP contribution in [0.1, 0.15) is 50.8 Å². The van der Waals surface area contributed by atoms with Crippen molar-refractivity contribution >= 4 is 34.0 Å². The molecule has 7 nitrogen and oxygen atoms in total. The fourth-order valence-electron chi connectivity index (χ4n) is 2.50. The number of nitrogens with zero attached hydrogens (tertiary/aromatic N) is 2. The first kappa shape index (κ1) is 21.6. The van der Waals surface area contributed by atoms with Gasteiger partial charge in [0.2, 0.25) is 5.91 Å². The number of rotatable bonds is 6. The molecule has 1 amide bonds. The van der Waals surface area contributed by atoms with Crippen molar-refractivity contribution in [2.45, 2.75) is 40.4 Å². The predicted octanol–water partition coefficient (Wildman–Crippen LogP) is 3.60. The molecule has 0 aliphatic rings. The van der Waals surface area contributed by atoms with Gasteiger partial charge in [-0.3, -0.25) is 14.3 Å². The van der Waals surface area contributed by atoms with Gasteiger partial charge < -0.3 is 10.1 Å². The number of aromatic nitrogens is 2. The molecule has 0 saturated heterocycles. The van der Waals surface area contributed by atoms with Crippen molar-refractivity contribution in [3.63, 3.8) is 0 Å². The van der Waals surface area contributed by atoms with E-state index in [4.69, 9.17) is 4.74 Å². The number of hydrogen-bond donors (Lipinski definition) is 1. The molecule has 11 heteroatoms. The number of esters is 1. The number of ether oxygens (including phenoxy) is 1. The molecular weight excluding hydrogens is 399 g/mol. The van der Waals surface area contributed by atoms with Gasteiger partial charge in [0.25, 0.3) is 0 Å². The minimum Gasteiger partial charge on any atom is -0.462 e. The van der Waals surface area contributed by atoms with Gasteiger partial charge in [-0.2, -0.15) is 18.3 Å². The number of amides is 1. The molecule has 0 spiro atoms. The zero-order valence-electron chi connectivity index (χ0n) is 15.6. The Labute approximate surface area is 162 Å². The molecule has 0 aliphatic carbocycles. The third-order valence-corrected chi connectivity index (χ3v) is 5.07. The largest absolute Gasteiger partial charge is 0.462 e. The summed E-state index contributed by atoms with van der Waals surface area (Å²) >= 11 is 0.909. The standard InChI is InChI=1S/C17H18F3N3O4S/c1-5-27-16(26)13-9(3)14(10(4)24)28-15(13)21-12(25)7-23-8(2)6-11(22-23)17(18,19)20/h6H,5,7H2,1-4H3,(H,21,25). The molecule has 1 N–H and O–H groups in total. The second kappa shape index (κ2) is 8.13. The van der Waals surface area contributed by atoms with E-state index in [2.05, 4.69) is 10.4 Å². The summed E-state index contributed by atoms with van der Waals surface area (Å²) in [6.07, 6.45) is -4.62. The number of thiophene rings is 1. The van der Waals surface area contributed by atoms with Crippen LogP contribution in [-0.4, -0.2) is 34.0 Å². The van der Waals surface area contributed by atoms with Gasteiger partial charge >= 0.3 is 12.1 Å². The molecule has 2 rings (SSSR count). The molecule has 28 heavy (non-hydrogen) atoms. The highest BCUT2D eigenvalue weighted by Crippen LogP contribution is 2.34. The van der Waals surface area contributed by atoms with Crippen molar-refractivity contribution in [3.05, 3.63) is 33.5 Å². The maximum Gasteiger partial charge on any atom is 0.435 e. The normalized spacial score (nSPS) is 11.4. The lowest BCUT2D eigenvalue weighted by molar-refractivity contribution is -0.141. The van der Waals surface area contributed by atoms with E-state index in [0.717, 1.165) is 22.1 Å². The van der Waals surface area contributed by atoms with Crippen molar-refractivity contribution in [3.8, 4) is 0 Å². The van der Waals surface area contributed by atoms with Gasteiger partial charge in [0.15, 0.2) is 11.5 Å². The fraction of sp³-hybridized carbons (Fsp3) is 0.412. The van der Waals surface area contributed by atoms with Crippen molar-refractivity contribution in [1.82, 2.24) is 9.78 Å². The second-order valence-electron chi connectivity index (χ2n) is 5.91. The number of carbonyl (C=O) groups is 3. The van der Waals surface area contributed by atoms with Gasteiger partial charge in [-0.25, -0.2) is 4.79 Å². The molecule has 0 bridgehead atoms. The molecular formula is C17H18F3N3O4S. The van der Waals surface area contributed by atoms with Crippen molar-refractivity contribution in [1.29, 1.82) is 0 Å². The quantitative estimate of drug-likeness (QED) is 0.573. The average molecular weight is 417 g/mol. The Kier molecular flexibility index (Phi) is 6.27. The SMILES string of the molecule is CCOC(=O)c1c(NC(=O)Cn2nc(C(F)(F)F)cc2C)sc(C(C)=O)c1C. The zero-order valence-corrected chi connectivity index (χ0v) is 16.4. The van der Waals surface area contributed by atoms with Crippen LogP contribution in [0.2, 0.25) is 0 Å². The third kappa shape index (κ3) is 4.58. The zero-order chi connectivity index (χ0) is 21.2. The van der Waals surface area contributed by atoms with E-state index in [1.54, 1.807) is 13.8 Å². The van der Waals surface area contributed by atoms with Crippen molar-refractivity contribution in [2.75, 3.05) is 11.9 Å². The number of carbonyl (C=O) groups excluding carboxylic acids is 3. The Hall–Kier alpha value is -2.69. The highest BCUT2D eigenvalue weighted by Gasteiger charge is 2.34. The Morgan fingerprint density at radius 2 is 1.93 bits per heavy atom. The smallest absolute Gasteiger partial charge is 0.435 e.